The Bertz CT molecular complexity index is 894. The number of aldehydes is 1. The second-order valence-corrected chi connectivity index (χ2v) is 8.48. The second-order valence-electron chi connectivity index (χ2n) is 8.48. The molecule has 5 nitrogen and oxygen atoms in total. The van der Waals surface area contributed by atoms with Crippen LogP contribution in [0.4, 0.5) is 0 Å². The number of hydrogen-bond donors (Lipinski definition) is 1. The van der Waals surface area contributed by atoms with Crippen LogP contribution in [0.5, 0.6) is 0 Å². The number of benzene rings is 2. The first-order valence-electron chi connectivity index (χ1n) is 10.8. The maximum Gasteiger partial charge on any atom is 0.238 e. The predicted octanol–water partition coefficient (Wildman–Crippen LogP) is 3.41. The molecule has 2 amide bonds. The predicted molar refractivity (Wildman–Crippen MR) is 114 cm³/mol. The van der Waals surface area contributed by atoms with Gasteiger partial charge in [-0.15, -0.1) is 0 Å². The van der Waals surface area contributed by atoms with Crippen LogP contribution in [0.1, 0.15) is 48.8 Å². The van der Waals surface area contributed by atoms with Gasteiger partial charge in [0.25, 0.3) is 0 Å². The maximum atomic E-state index is 13.6. The first kappa shape index (κ1) is 20.3. The highest BCUT2D eigenvalue weighted by molar-refractivity contribution is 6.05. The summed E-state index contributed by atoms with van der Waals surface area (Å²) in [5, 5.41) is 2.90. The van der Waals surface area contributed by atoms with Crippen molar-refractivity contribution >= 4 is 18.1 Å². The number of carbonyl (C=O) groups excluding carboxylic acids is 3. The first-order chi connectivity index (χ1) is 14.6. The zero-order valence-corrected chi connectivity index (χ0v) is 17.2. The quantitative estimate of drug-likeness (QED) is 0.593. The van der Waals surface area contributed by atoms with Crippen molar-refractivity contribution in [1.29, 1.82) is 0 Å². The lowest BCUT2D eigenvalue weighted by atomic mass is 9.72. The lowest BCUT2D eigenvalue weighted by molar-refractivity contribution is -0.154. The zero-order valence-electron chi connectivity index (χ0n) is 17.2. The van der Waals surface area contributed by atoms with Crippen LogP contribution in [0, 0.1) is 5.41 Å². The molecule has 4 rings (SSSR count). The van der Waals surface area contributed by atoms with Crippen LogP contribution in [0.3, 0.4) is 0 Å². The van der Waals surface area contributed by atoms with E-state index in [1.807, 2.05) is 59.5 Å². The van der Waals surface area contributed by atoms with Gasteiger partial charge in [-0.25, -0.2) is 0 Å². The van der Waals surface area contributed by atoms with E-state index < -0.39 is 11.5 Å². The van der Waals surface area contributed by atoms with Crippen molar-refractivity contribution in [1.82, 2.24) is 10.2 Å². The van der Waals surface area contributed by atoms with Crippen molar-refractivity contribution in [2.24, 2.45) is 5.41 Å². The molecule has 0 radical (unpaired) electrons. The third-order valence-electron chi connectivity index (χ3n) is 6.46. The van der Waals surface area contributed by atoms with Gasteiger partial charge < -0.3 is 15.0 Å². The lowest BCUT2D eigenvalue weighted by Gasteiger charge is -2.38. The number of nitrogens with zero attached hydrogens (tertiary/aromatic N) is 1. The lowest BCUT2D eigenvalue weighted by Crippen LogP contribution is -2.55. The molecule has 1 atom stereocenters. The highest BCUT2D eigenvalue weighted by Gasteiger charge is 2.49. The van der Waals surface area contributed by atoms with Crippen LogP contribution in [-0.4, -0.2) is 29.0 Å². The van der Waals surface area contributed by atoms with Crippen molar-refractivity contribution < 1.29 is 14.4 Å². The molecule has 1 heterocycles. The summed E-state index contributed by atoms with van der Waals surface area (Å²) in [6, 6.07) is 17.0. The van der Waals surface area contributed by atoms with E-state index in [0.29, 0.717) is 32.4 Å². The molecule has 2 aliphatic rings. The topological polar surface area (TPSA) is 66.5 Å². The van der Waals surface area contributed by atoms with Crippen molar-refractivity contribution in [3.05, 3.63) is 71.3 Å². The molecule has 156 valence electrons. The summed E-state index contributed by atoms with van der Waals surface area (Å²) in [5.74, 6) is -0.392. The monoisotopic (exact) mass is 404 g/mol. The minimum atomic E-state index is -1.07. The summed E-state index contributed by atoms with van der Waals surface area (Å²) in [5.41, 5.74) is 2.20. The molecule has 0 bridgehead atoms. The first-order valence-corrected chi connectivity index (χ1v) is 10.8. The fraction of sp³-hybridized carbons (Fsp3) is 0.400. The fourth-order valence-electron chi connectivity index (χ4n) is 4.78. The molecule has 1 aliphatic carbocycles. The Kier molecular flexibility index (Phi) is 5.98. The SMILES string of the molecule is O=CC(Cc1ccccc1)NC(=O)C1(C(=O)N2Cc3ccccc3C2)CCCCC1. The number of rotatable bonds is 6. The van der Waals surface area contributed by atoms with Crippen LogP contribution in [0.2, 0.25) is 0 Å². The molecule has 0 aromatic heterocycles. The minimum Gasteiger partial charge on any atom is -0.345 e. The van der Waals surface area contributed by atoms with Gasteiger partial charge in [0.15, 0.2) is 0 Å². The number of hydrogen-bond acceptors (Lipinski definition) is 3. The van der Waals surface area contributed by atoms with Crippen LogP contribution in [0.15, 0.2) is 54.6 Å². The van der Waals surface area contributed by atoms with Crippen molar-refractivity contribution in [2.45, 2.75) is 57.7 Å². The summed E-state index contributed by atoms with van der Waals surface area (Å²) in [4.78, 5) is 40.6. The van der Waals surface area contributed by atoms with E-state index in [9.17, 15) is 14.4 Å². The van der Waals surface area contributed by atoms with E-state index in [4.69, 9.17) is 0 Å². The molecule has 0 spiro atoms. The van der Waals surface area contributed by atoms with Crippen LogP contribution >= 0.6 is 0 Å². The van der Waals surface area contributed by atoms with Gasteiger partial charge in [-0.2, -0.15) is 0 Å². The Morgan fingerprint density at radius 3 is 2.13 bits per heavy atom. The van der Waals surface area contributed by atoms with Crippen LogP contribution in [-0.2, 0) is 33.9 Å². The zero-order chi connectivity index (χ0) is 21.0. The van der Waals surface area contributed by atoms with Crippen LogP contribution < -0.4 is 5.32 Å². The molecule has 1 fully saturated rings. The van der Waals surface area contributed by atoms with E-state index >= 15 is 0 Å². The Hall–Kier alpha value is -2.95. The van der Waals surface area contributed by atoms with E-state index in [2.05, 4.69) is 5.32 Å². The van der Waals surface area contributed by atoms with Crippen molar-refractivity contribution in [3.8, 4) is 0 Å². The molecule has 30 heavy (non-hydrogen) atoms. The molecule has 0 saturated heterocycles. The molecule has 2 aromatic rings. The Balaban J connectivity index is 1.52. The summed E-state index contributed by atoms with van der Waals surface area (Å²) >= 11 is 0. The average molecular weight is 405 g/mol. The largest absolute Gasteiger partial charge is 0.345 e. The smallest absolute Gasteiger partial charge is 0.238 e. The third kappa shape index (κ3) is 4.02. The number of fused-ring (bicyclic) bond motifs is 1. The van der Waals surface area contributed by atoms with Gasteiger partial charge in [0.1, 0.15) is 11.7 Å². The molecular weight excluding hydrogens is 376 g/mol. The van der Waals surface area contributed by atoms with Crippen molar-refractivity contribution in [3.63, 3.8) is 0 Å². The summed E-state index contributed by atoms with van der Waals surface area (Å²) < 4.78 is 0. The number of carbonyl (C=O) groups is 3. The fourth-order valence-corrected chi connectivity index (χ4v) is 4.78. The summed E-state index contributed by atoms with van der Waals surface area (Å²) in [6.07, 6.45) is 5.02. The highest BCUT2D eigenvalue weighted by atomic mass is 16.2. The number of nitrogens with one attached hydrogen (secondary N) is 1. The van der Waals surface area contributed by atoms with Gasteiger partial charge in [0, 0.05) is 13.1 Å². The third-order valence-corrected chi connectivity index (χ3v) is 6.46. The molecule has 1 unspecified atom stereocenters. The van der Waals surface area contributed by atoms with Gasteiger partial charge in [-0.3, -0.25) is 9.59 Å². The van der Waals surface area contributed by atoms with Gasteiger partial charge in [-0.1, -0.05) is 73.9 Å². The maximum absolute atomic E-state index is 13.6. The standard InChI is InChI=1S/C25H28N2O3/c28-18-22(15-19-9-3-1-4-10-19)26-23(29)25(13-7-2-8-14-25)24(30)27-16-20-11-5-6-12-21(20)17-27/h1,3-6,9-12,18,22H,2,7-8,13-17H2,(H,26,29). The Labute approximate surface area is 177 Å². The van der Waals surface area contributed by atoms with Crippen LogP contribution in [0.25, 0.3) is 0 Å². The number of amides is 2. The van der Waals surface area contributed by atoms with Crippen molar-refractivity contribution in [2.75, 3.05) is 0 Å². The van der Waals surface area contributed by atoms with Gasteiger partial charge in [-0.05, 0) is 36.0 Å². The highest BCUT2D eigenvalue weighted by Crippen LogP contribution is 2.40. The molecule has 1 N–H and O–H groups in total. The molecule has 1 saturated carbocycles. The minimum absolute atomic E-state index is 0.0970. The van der Waals surface area contributed by atoms with E-state index in [-0.39, 0.29) is 11.8 Å². The Morgan fingerprint density at radius 1 is 0.933 bits per heavy atom. The average Bonchev–Trinajstić information content (AvgIpc) is 3.23. The summed E-state index contributed by atoms with van der Waals surface area (Å²) in [7, 11) is 0. The van der Waals surface area contributed by atoms with Gasteiger partial charge in [0.05, 0.1) is 6.04 Å². The van der Waals surface area contributed by atoms with Gasteiger partial charge in [0.2, 0.25) is 11.8 Å². The molecule has 5 heteroatoms. The molecular formula is C25H28N2O3. The second kappa shape index (κ2) is 8.82. The van der Waals surface area contributed by atoms with E-state index in [1.165, 1.54) is 0 Å². The van der Waals surface area contributed by atoms with Gasteiger partial charge >= 0.3 is 0 Å². The van der Waals surface area contributed by atoms with E-state index in [1.54, 1.807) is 0 Å². The Morgan fingerprint density at radius 2 is 1.53 bits per heavy atom. The molecule has 2 aromatic carbocycles. The normalized spacial score (nSPS) is 18.3. The van der Waals surface area contributed by atoms with E-state index in [0.717, 1.165) is 42.2 Å². The summed E-state index contributed by atoms with van der Waals surface area (Å²) in [6.45, 7) is 1.09. The molecule has 1 aliphatic heterocycles.